The Balaban J connectivity index is 1.58. The molecule has 35 heavy (non-hydrogen) atoms. The Kier molecular flexibility index (Phi) is 7.74. The lowest BCUT2D eigenvalue weighted by atomic mass is 9.72. The Morgan fingerprint density at radius 2 is 2.17 bits per heavy atom. The van der Waals surface area contributed by atoms with E-state index in [4.69, 9.17) is 4.74 Å². The maximum absolute atomic E-state index is 13.4. The molecule has 0 spiro atoms. The van der Waals surface area contributed by atoms with Gasteiger partial charge in [0.1, 0.15) is 17.9 Å². The minimum absolute atomic E-state index is 0.220. The summed E-state index contributed by atoms with van der Waals surface area (Å²) in [5, 5.41) is 11.0. The van der Waals surface area contributed by atoms with Gasteiger partial charge in [0.05, 0.1) is 25.1 Å². The van der Waals surface area contributed by atoms with Gasteiger partial charge in [-0.1, -0.05) is 17.9 Å². The van der Waals surface area contributed by atoms with E-state index in [2.05, 4.69) is 16.8 Å². The predicted octanol–water partition coefficient (Wildman–Crippen LogP) is 4.13. The summed E-state index contributed by atoms with van der Waals surface area (Å²) in [6, 6.07) is 13.6. The standard InChI is InChI=1S/C28H27FN2O4/c1-35-21-7-8-27-25(17-21)22(9-12-30-27)24(11-15-32)23-10-14-31(18-26(23)28(33)34)13-3-5-19-4-2-6-20(29)16-19/h2,4,6-9,12,15-17,23-24,26H,10-11,13-14,18H2,1H3,(H,33,34)/t23-,24?,26+/m1/s1. The van der Waals surface area contributed by atoms with Gasteiger partial charge in [-0.05, 0) is 72.8 Å². The second kappa shape index (κ2) is 11.1. The number of carbonyl (C=O) groups excluding carboxylic acids is 1. The van der Waals surface area contributed by atoms with E-state index in [-0.39, 0.29) is 24.1 Å². The number of hydrogen-bond donors (Lipinski definition) is 1. The van der Waals surface area contributed by atoms with E-state index in [1.165, 1.54) is 12.1 Å². The molecule has 0 amide bonds. The van der Waals surface area contributed by atoms with Crippen LogP contribution in [-0.2, 0) is 9.59 Å². The number of fused-ring (bicyclic) bond motifs is 1. The Bertz CT molecular complexity index is 1280. The van der Waals surface area contributed by atoms with Crippen molar-refractivity contribution in [2.45, 2.75) is 18.8 Å². The molecule has 1 aliphatic rings. The molecule has 0 radical (unpaired) electrons. The minimum Gasteiger partial charge on any atom is -0.497 e. The molecule has 1 aliphatic heterocycles. The molecule has 1 aromatic heterocycles. The van der Waals surface area contributed by atoms with E-state index < -0.39 is 11.9 Å². The molecular weight excluding hydrogens is 447 g/mol. The summed E-state index contributed by atoms with van der Waals surface area (Å²) in [6.07, 6.45) is 3.41. The largest absolute Gasteiger partial charge is 0.497 e. The number of likely N-dealkylation sites (tertiary alicyclic amines) is 1. The van der Waals surface area contributed by atoms with Crippen molar-refractivity contribution < 1.29 is 23.8 Å². The van der Waals surface area contributed by atoms with Gasteiger partial charge in [-0.2, -0.15) is 0 Å². The van der Waals surface area contributed by atoms with Crippen LogP contribution < -0.4 is 4.74 Å². The summed E-state index contributed by atoms with van der Waals surface area (Å²) in [7, 11) is 1.59. The van der Waals surface area contributed by atoms with E-state index in [0.29, 0.717) is 37.4 Å². The Morgan fingerprint density at radius 3 is 2.91 bits per heavy atom. The fourth-order valence-electron chi connectivity index (χ4n) is 4.98. The van der Waals surface area contributed by atoms with Crippen LogP contribution in [0.25, 0.3) is 10.9 Å². The predicted molar refractivity (Wildman–Crippen MR) is 131 cm³/mol. The molecule has 0 bridgehead atoms. The third-order valence-electron chi connectivity index (χ3n) is 6.68. The molecule has 180 valence electrons. The molecule has 1 unspecified atom stereocenters. The average Bonchev–Trinajstić information content (AvgIpc) is 2.87. The number of carboxylic acids is 1. The fourth-order valence-corrected chi connectivity index (χ4v) is 4.98. The summed E-state index contributed by atoms with van der Waals surface area (Å²) in [4.78, 5) is 30.4. The van der Waals surface area contributed by atoms with Crippen molar-refractivity contribution in [3.8, 4) is 17.6 Å². The average molecular weight is 475 g/mol. The van der Waals surface area contributed by atoms with E-state index in [0.717, 1.165) is 22.8 Å². The van der Waals surface area contributed by atoms with Crippen molar-refractivity contribution in [2.75, 3.05) is 26.7 Å². The molecular formula is C28H27FN2O4. The molecule has 0 aliphatic carbocycles. The first kappa shape index (κ1) is 24.4. The number of carboxylic acid groups (broad SMARTS) is 1. The van der Waals surface area contributed by atoms with Crippen molar-refractivity contribution in [3.05, 3.63) is 71.7 Å². The number of carbonyl (C=O) groups is 2. The number of aldehydes is 1. The monoisotopic (exact) mass is 474 g/mol. The molecule has 2 aromatic carbocycles. The normalized spacial score (nSPS) is 18.9. The quantitative estimate of drug-likeness (QED) is 0.410. The number of nitrogens with zero attached hydrogens (tertiary/aromatic N) is 2. The Labute approximate surface area is 203 Å². The molecule has 1 N–H and O–H groups in total. The van der Waals surface area contributed by atoms with E-state index >= 15 is 0 Å². The van der Waals surface area contributed by atoms with Crippen LogP contribution in [0.1, 0.15) is 29.9 Å². The first-order valence-corrected chi connectivity index (χ1v) is 11.6. The van der Waals surface area contributed by atoms with Gasteiger partial charge in [0.25, 0.3) is 0 Å². The van der Waals surface area contributed by atoms with Crippen LogP contribution in [0.4, 0.5) is 4.39 Å². The van der Waals surface area contributed by atoms with Crippen molar-refractivity contribution in [3.63, 3.8) is 0 Å². The highest BCUT2D eigenvalue weighted by Crippen LogP contribution is 2.41. The first-order valence-electron chi connectivity index (χ1n) is 11.6. The highest BCUT2D eigenvalue weighted by atomic mass is 19.1. The number of benzene rings is 2. The third-order valence-corrected chi connectivity index (χ3v) is 6.68. The van der Waals surface area contributed by atoms with Gasteiger partial charge in [-0.25, -0.2) is 4.39 Å². The number of pyridine rings is 1. The third kappa shape index (κ3) is 5.67. The molecule has 3 atom stereocenters. The van der Waals surface area contributed by atoms with Crippen molar-refractivity contribution >= 4 is 23.2 Å². The second-order valence-electron chi connectivity index (χ2n) is 8.74. The summed E-state index contributed by atoms with van der Waals surface area (Å²) in [5.41, 5.74) is 2.27. The van der Waals surface area contributed by atoms with Gasteiger partial charge < -0.3 is 14.6 Å². The van der Waals surface area contributed by atoms with Gasteiger partial charge in [0.15, 0.2) is 0 Å². The highest BCUT2D eigenvalue weighted by Gasteiger charge is 2.39. The SMILES string of the molecule is COc1ccc2nccc(C(CC=O)[C@H]3CCN(CC#Cc4cccc(F)c4)C[C@@H]3C(=O)O)c2c1. The van der Waals surface area contributed by atoms with Crippen LogP contribution in [0.15, 0.2) is 54.7 Å². The van der Waals surface area contributed by atoms with Crippen molar-refractivity contribution in [1.29, 1.82) is 0 Å². The van der Waals surface area contributed by atoms with Gasteiger partial charge in [-0.15, -0.1) is 0 Å². The van der Waals surface area contributed by atoms with Gasteiger partial charge >= 0.3 is 5.97 Å². The number of aliphatic carboxylic acids is 1. The van der Waals surface area contributed by atoms with Crippen LogP contribution in [0, 0.1) is 29.5 Å². The number of piperidine rings is 1. The number of ether oxygens (including phenoxy) is 1. The maximum atomic E-state index is 13.4. The lowest BCUT2D eigenvalue weighted by Gasteiger charge is -2.39. The summed E-state index contributed by atoms with van der Waals surface area (Å²) < 4.78 is 18.8. The lowest BCUT2D eigenvalue weighted by Crippen LogP contribution is -2.46. The number of rotatable bonds is 7. The number of hydrogen-bond acceptors (Lipinski definition) is 5. The molecule has 1 fully saturated rings. The van der Waals surface area contributed by atoms with E-state index in [1.54, 1.807) is 25.4 Å². The summed E-state index contributed by atoms with van der Waals surface area (Å²) in [6.45, 7) is 1.38. The van der Waals surface area contributed by atoms with Crippen LogP contribution in [0.3, 0.4) is 0 Å². The van der Waals surface area contributed by atoms with Crippen LogP contribution in [0.2, 0.25) is 0 Å². The topological polar surface area (TPSA) is 79.7 Å². The summed E-state index contributed by atoms with van der Waals surface area (Å²) >= 11 is 0. The smallest absolute Gasteiger partial charge is 0.308 e. The van der Waals surface area contributed by atoms with Crippen LogP contribution >= 0.6 is 0 Å². The zero-order valence-electron chi connectivity index (χ0n) is 19.5. The maximum Gasteiger partial charge on any atom is 0.308 e. The Morgan fingerprint density at radius 1 is 1.31 bits per heavy atom. The van der Waals surface area contributed by atoms with E-state index in [9.17, 15) is 19.1 Å². The fraction of sp³-hybridized carbons (Fsp3) is 0.321. The Hall–Kier alpha value is -3.76. The van der Waals surface area contributed by atoms with Crippen molar-refractivity contribution in [2.24, 2.45) is 11.8 Å². The van der Waals surface area contributed by atoms with Gasteiger partial charge in [0, 0.05) is 30.1 Å². The van der Waals surface area contributed by atoms with Crippen molar-refractivity contribution in [1.82, 2.24) is 9.88 Å². The molecule has 2 heterocycles. The van der Waals surface area contributed by atoms with Gasteiger partial charge in [0.2, 0.25) is 0 Å². The first-order chi connectivity index (χ1) is 17.0. The number of halogens is 1. The number of aromatic nitrogens is 1. The molecule has 0 saturated carbocycles. The lowest BCUT2D eigenvalue weighted by molar-refractivity contribution is -0.146. The molecule has 3 aromatic rings. The zero-order chi connectivity index (χ0) is 24.8. The van der Waals surface area contributed by atoms with Gasteiger partial charge in [-0.3, -0.25) is 14.7 Å². The highest BCUT2D eigenvalue weighted by molar-refractivity contribution is 5.84. The molecule has 4 rings (SSSR count). The second-order valence-corrected chi connectivity index (χ2v) is 8.74. The summed E-state index contributed by atoms with van der Waals surface area (Å²) in [5.74, 6) is 4.30. The number of methoxy groups -OCH3 is 1. The van der Waals surface area contributed by atoms with E-state index in [1.807, 2.05) is 29.2 Å². The molecule has 1 saturated heterocycles. The van der Waals surface area contributed by atoms with Crippen LogP contribution in [0.5, 0.6) is 5.75 Å². The molecule has 7 heteroatoms. The minimum atomic E-state index is -0.885. The van der Waals surface area contributed by atoms with Crippen LogP contribution in [-0.4, -0.2) is 54.0 Å². The molecule has 6 nitrogen and oxygen atoms in total. The zero-order valence-corrected chi connectivity index (χ0v) is 19.5.